The maximum atomic E-state index is 11.5. The van der Waals surface area contributed by atoms with Crippen LogP contribution in [-0.4, -0.2) is 39.8 Å². The van der Waals surface area contributed by atoms with Crippen LogP contribution in [0, 0.1) is 11.3 Å². The normalized spacial score (nSPS) is 9.85. The maximum absolute atomic E-state index is 11.5. The first-order valence-electron chi connectivity index (χ1n) is 6.24. The lowest BCUT2D eigenvalue weighted by Crippen LogP contribution is -2.35. The lowest BCUT2D eigenvalue weighted by Gasteiger charge is -2.10. The second kappa shape index (κ2) is 8.91. The Labute approximate surface area is 118 Å². The van der Waals surface area contributed by atoms with E-state index in [0.717, 1.165) is 5.56 Å². The van der Waals surface area contributed by atoms with Crippen molar-refractivity contribution in [3.05, 3.63) is 29.3 Å². The van der Waals surface area contributed by atoms with Gasteiger partial charge in [0.1, 0.15) is 5.75 Å². The number of ether oxygens (including phenoxy) is 2. The zero-order valence-electron chi connectivity index (χ0n) is 11.7. The predicted molar refractivity (Wildman–Crippen MR) is 74.3 cm³/mol. The summed E-state index contributed by atoms with van der Waals surface area (Å²) in [5.41, 5.74) is 1.41. The molecule has 0 atom stereocenters. The molecule has 1 rings (SSSR count). The number of hydrogen-bond donors (Lipinski definition) is 2. The van der Waals surface area contributed by atoms with Crippen molar-refractivity contribution >= 4 is 5.91 Å². The van der Waals surface area contributed by atoms with Gasteiger partial charge in [-0.05, 0) is 18.2 Å². The van der Waals surface area contributed by atoms with Crippen LogP contribution < -0.4 is 15.4 Å². The predicted octanol–water partition coefficient (Wildman–Crippen LogP) is 0.419. The molecule has 0 saturated carbocycles. The molecular weight excluding hydrogens is 258 g/mol. The van der Waals surface area contributed by atoms with E-state index in [4.69, 9.17) is 14.7 Å². The molecule has 1 aromatic rings. The zero-order valence-corrected chi connectivity index (χ0v) is 11.7. The summed E-state index contributed by atoms with van der Waals surface area (Å²) < 4.78 is 10.1. The number of nitriles is 1. The molecule has 1 aromatic carbocycles. The highest BCUT2D eigenvalue weighted by Crippen LogP contribution is 2.19. The fourth-order valence-electron chi connectivity index (χ4n) is 1.65. The third-order valence-corrected chi connectivity index (χ3v) is 2.64. The Balaban J connectivity index is 2.45. The molecule has 0 saturated heterocycles. The molecule has 0 radical (unpaired) electrons. The number of carbonyl (C=O) groups excluding carboxylic acids is 1. The first-order chi connectivity index (χ1) is 9.71. The van der Waals surface area contributed by atoms with E-state index in [2.05, 4.69) is 16.7 Å². The molecule has 1 amide bonds. The van der Waals surface area contributed by atoms with E-state index in [1.807, 2.05) is 0 Å². The Morgan fingerprint density at radius 3 is 2.85 bits per heavy atom. The Bertz CT molecular complexity index is 483. The van der Waals surface area contributed by atoms with Crippen molar-refractivity contribution in [2.75, 3.05) is 33.9 Å². The quantitative estimate of drug-likeness (QED) is 0.673. The topological polar surface area (TPSA) is 83.4 Å². The standard InChI is InChI=1S/C14H19N3O3/c1-19-6-5-17-14(18)10-16-9-12-7-11(8-15)3-4-13(12)20-2/h3-4,7,16H,5-6,9-10H2,1-2H3,(H,17,18). The molecule has 0 aliphatic rings. The molecule has 0 unspecified atom stereocenters. The first-order valence-corrected chi connectivity index (χ1v) is 6.24. The molecule has 20 heavy (non-hydrogen) atoms. The average molecular weight is 277 g/mol. The van der Waals surface area contributed by atoms with Crippen LogP contribution in [-0.2, 0) is 16.1 Å². The van der Waals surface area contributed by atoms with Crippen molar-refractivity contribution in [3.8, 4) is 11.8 Å². The molecule has 0 aromatic heterocycles. The molecular formula is C14H19N3O3. The number of benzene rings is 1. The summed E-state index contributed by atoms with van der Waals surface area (Å²) in [5, 5.41) is 14.6. The van der Waals surface area contributed by atoms with E-state index >= 15 is 0 Å². The molecule has 0 heterocycles. The summed E-state index contributed by atoms with van der Waals surface area (Å²) in [6.07, 6.45) is 0. The molecule has 0 fully saturated rings. The van der Waals surface area contributed by atoms with Gasteiger partial charge in [0.2, 0.25) is 5.91 Å². The average Bonchev–Trinajstić information content (AvgIpc) is 2.47. The van der Waals surface area contributed by atoms with Crippen LogP contribution in [0.1, 0.15) is 11.1 Å². The summed E-state index contributed by atoms with van der Waals surface area (Å²) in [5.74, 6) is 0.591. The SMILES string of the molecule is COCCNC(=O)CNCc1cc(C#N)ccc1OC. The van der Waals surface area contributed by atoms with Crippen LogP contribution in [0.5, 0.6) is 5.75 Å². The summed E-state index contributed by atoms with van der Waals surface area (Å²) in [6.45, 7) is 1.63. The zero-order chi connectivity index (χ0) is 14.8. The van der Waals surface area contributed by atoms with E-state index < -0.39 is 0 Å². The number of nitrogens with one attached hydrogen (secondary N) is 2. The molecule has 0 spiro atoms. The summed E-state index contributed by atoms with van der Waals surface area (Å²) in [6, 6.07) is 7.26. The van der Waals surface area contributed by atoms with Gasteiger partial charge in [0.15, 0.2) is 0 Å². The lowest BCUT2D eigenvalue weighted by molar-refractivity contribution is -0.120. The maximum Gasteiger partial charge on any atom is 0.234 e. The van der Waals surface area contributed by atoms with Gasteiger partial charge in [-0.15, -0.1) is 0 Å². The lowest BCUT2D eigenvalue weighted by atomic mass is 10.1. The van der Waals surface area contributed by atoms with Crippen LogP contribution in [0.2, 0.25) is 0 Å². The summed E-state index contributed by atoms with van der Waals surface area (Å²) >= 11 is 0. The van der Waals surface area contributed by atoms with E-state index in [-0.39, 0.29) is 12.5 Å². The Hall–Kier alpha value is -2.10. The highest BCUT2D eigenvalue weighted by molar-refractivity contribution is 5.77. The van der Waals surface area contributed by atoms with Gasteiger partial charge in [-0.25, -0.2) is 0 Å². The van der Waals surface area contributed by atoms with Crippen molar-refractivity contribution in [2.24, 2.45) is 0 Å². The van der Waals surface area contributed by atoms with Crippen molar-refractivity contribution in [2.45, 2.75) is 6.54 Å². The van der Waals surface area contributed by atoms with Crippen LogP contribution in [0.4, 0.5) is 0 Å². The fraction of sp³-hybridized carbons (Fsp3) is 0.429. The smallest absolute Gasteiger partial charge is 0.234 e. The van der Waals surface area contributed by atoms with Crippen molar-refractivity contribution in [1.82, 2.24) is 10.6 Å². The molecule has 6 heteroatoms. The third kappa shape index (κ3) is 5.26. The second-order valence-corrected chi connectivity index (χ2v) is 4.08. The van der Waals surface area contributed by atoms with Crippen molar-refractivity contribution < 1.29 is 14.3 Å². The second-order valence-electron chi connectivity index (χ2n) is 4.08. The molecule has 0 aliphatic carbocycles. The number of methoxy groups -OCH3 is 2. The van der Waals surface area contributed by atoms with Gasteiger partial charge in [-0.1, -0.05) is 0 Å². The first kappa shape index (κ1) is 16.0. The van der Waals surface area contributed by atoms with E-state index in [1.54, 1.807) is 32.4 Å². The highest BCUT2D eigenvalue weighted by Gasteiger charge is 2.05. The van der Waals surface area contributed by atoms with Gasteiger partial charge >= 0.3 is 0 Å². The van der Waals surface area contributed by atoms with Crippen LogP contribution in [0.25, 0.3) is 0 Å². The molecule has 0 bridgehead atoms. The minimum atomic E-state index is -0.0996. The van der Waals surface area contributed by atoms with E-state index in [0.29, 0.717) is 31.0 Å². The minimum absolute atomic E-state index is 0.0996. The minimum Gasteiger partial charge on any atom is -0.496 e. The van der Waals surface area contributed by atoms with Gasteiger partial charge in [-0.3, -0.25) is 4.79 Å². The number of rotatable bonds is 8. The molecule has 2 N–H and O–H groups in total. The Morgan fingerprint density at radius 2 is 2.20 bits per heavy atom. The van der Waals surface area contributed by atoms with Gasteiger partial charge in [0.05, 0.1) is 31.9 Å². The van der Waals surface area contributed by atoms with Crippen molar-refractivity contribution in [3.63, 3.8) is 0 Å². The molecule has 108 valence electrons. The Kier molecular flexibility index (Phi) is 7.11. The van der Waals surface area contributed by atoms with Crippen molar-refractivity contribution in [1.29, 1.82) is 5.26 Å². The highest BCUT2D eigenvalue weighted by atomic mass is 16.5. The molecule has 0 aliphatic heterocycles. The van der Waals surface area contributed by atoms with Crippen LogP contribution in [0.15, 0.2) is 18.2 Å². The fourth-order valence-corrected chi connectivity index (χ4v) is 1.65. The van der Waals surface area contributed by atoms with Gasteiger partial charge in [0, 0.05) is 25.8 Å². The summed E-state index contributed by atoms with van der Waals surface area (Å²) in [4.78, 5) is 11.5. The number of hydrogen-bond acceptors (Lipinski definition) is 5. The van der Waals surface area contributed by atoms with Gasteiger partial charge < -0.3 is 20.1 Å². The van der Waals surface area contributed by atoms with Gasteiger partial charge in [-0.2, -0.15) is 5.26 Å². The monoisotopic (exact) mass is 277 g/mol. The third-order valence-electron chi connectivity index (χ3n) is 2.64. The van der Waals surface area contributed by atoms with E-state index in [9.17, 15) is 4.79 Å². The van der Waals surface area contributed by atoms with Gasteiger partial charge in [0.25, 0.3) is 0 Å². The van der Waals surface area contributed by atoms with Crippen LogP contribution in [0.3, 0.4) is 0 Å². The van der Waals surface area contributed by atoms with E-state index in [1.165, 1.54) is 0 Å². The number of carbonyl (C=O) groups is 1. The summed E-state index contributed by atoms with van der Waals surface area (Å²) in [7, 11) is 3.15. The number of nitrogens with zero attached hydrogens (tertiary/aromatic N) is 1. The van der Waals surface area contributed by atoms with Crippen LogP contribution >= 0.6 is 0 Å². The largest absolute Gasteiger partial charge is 0.496 e. The Morgan fingerprint density at radius 1 is 1.40 bits per heavy atom. The number of amides is 1. The molecule has 6 nitrogen and oxygen atoms in total.